The highest BCUT2D eigenvalue weighted by molar-refractivity contribution is 9.10. The highest BCUT2D eigenvalue weighted by Gasteiger charge is 2.22. The summed E-state index contributed by atoms with van der Waals surface area (Å²) >= 11 is 5.55. The second-order valence-corrected chi connectivity index (χ2v) is 6.60. The van der Waals surface area contributed by atoms with Gasteiger partial charge in [-0.2, -0.15) is 11.8 Å². The molecule has 0 aromatic carbocycles. The van der Waals surface area contributed by atoms with E-state index in [0.29, 0.717) is 6.04 Å². The second-order valence-electron chi connectivity index (χ2n) is 4.53. The number of hydrogen-bond donors (Lipinski definition) is 1. The van der Waals surface area contributed by atoms with Gasteiger partial charge < -0.3 is 10.2 Å². The molecule has 1 fully saturated rings. The first-order valence-corrected chi connectivity index (χ1v) is 8.36. The van der Waals surface area contributed by atoms with Gasteiger partial charge >= 0.3 is 0 Å². The van der Waals surface area contributed by atoms with Crippen LogP contribution in [0.2, 0.25) is 0 Å². The maximum atomic E-state index is 4.64. The molecule has 0 spiro atoms. The maximum Gasteiger partial charge on any atom is 0.133 e. The molecular formula is C13H20BrN3S. The third-order valence-corrected chi connectivity index (χ3v) is 4.74. The molecule has 1 aromatic heterocycles. The zero-order chi connectivity index (χ0) is 13.0. The van der Waals surface area contributed by atoms with E-state index in [-0.39, 0.29) is 0 Å². The van der Waals surface area contributed by atoms with Crippen LogP contribution in [-0.4, -0.2) is 35.6 Å². The van der Waals surface area contributed by atoms with Gasteiger partial charge in [-0.3, -0.25) is 0 Å². The SMILES string of the molecule is CCNCc1cc(Br)cnc1N1CCSCC1C. The fourth-order valence-electron chi connectivity index (χ4n) is 2.16. The zero-order valence-corrected chi connectivity index (χ0v) is 13.4. The monoisotopic (exact) mass is 329 g/mol. The number of thioether (sulfide) groups is 1. The van der Waals surface area contributed by atoms with Gasteiger partial charge in [0, 0.05) is 46.9 Å². The third kappa shape index (κ3) is 3.39. The predicted molar refractivity (Wildman–Crippen MR) is 83.5 cm³/mol. The van der Waals surface area contributed by atoms with Crippen LogP contribution in [0.1, 0.15) is 19.4 Å². The van der Waals surface area contributed by atoms with Gasteiger partial charge in [-0.1, -0.05) is 6.92 Å². The Hall–Kier alpha value is -0.260. The van der Waals surface area contributed by atoms with E-state index in [2.05, 4.69) is 51.0 Å². The van der Waals surface area contributed by atoms with Crippen LogP contribution < -0.4 is 10.2 Å². The number of nitrogens with one attached hydrogen (secondary N) is 1. The summed E-state index contributed by atoms with van der Waals surface area (Å²) in [5.74, 6) is 3.54. The predicted octanol–water partition coefficient (Wildman–Crippen LogP) is 2.90. The number of halogens is 1. The van der Waals surface area contributed by atoms with E-state index >= 15 is 0 Å². The number of aromatic nitrogens is 1. The Morgan fingerprint density at radius 1 is 1.61 bits per heavy atom. The van der Waals surface area contributed by atoms with E-state index in [0.717, 1.165) is 29.9 Å². The van der Waals surface area contributed by atoms with E-state index in [1.54, 1.807) is 0 Å². The first kappa shape index (κ1) is 14.2. The molecule has 0 bridgehead atoms. The quantitative estimate of drug-likeness (QED) is 0.919. The molecule has 0 saturated carbocycles. The first-order chi connectivity index (χ1) is 8.72. The van der Waals surface area contributed by atoms with Gasteiger partial charge in [0.15, 0.2) is 0 Å². The summed E-state index contributed by atoms with van der Waals surface area (Å²) in [5, 5.41) is 3.39. The number of rotatable bonds is 4. The highest BCUT2D eigenvalue weighted by Crippen LogP contribution is 2.27. The Bertz CT molecular complexity index is 400. The molecule has 1 unspecified atom stereocenters. The van der Waals surface area contributed by atoms with E-state index in [9.17, 15) is 0 Å². The lowest BCUT2D eigenvalue weighted by Gasteiger charge is -2.35. The van der Waals surface area contributed by atoms with Crippen molar-refractivity contribution in [2.75, 3.05) is 29.5 Å². The summed E-state index contributed by atoms with van der Waals surface area (Å²) in [6.07, 6.45) is 1.90. The van der Waals surface area contributed by atoms with Crippen molar-refractivity contribution in [2.45, 2.75) is 26.4 Å². The van der Waals surface area contributed by atoms with Crippen LogP contribution >= 0.6 is 27.7 Å². The van der Waals surface area contributed by atoms with Gasteiger partial charge in [0.1, 0.15) is 5.82 Å². The molecule has 18 heavy (non-hydrogen) atoms. The molecule has 3 nitrogen and oxygen atoms in total. The summed E-state index contributed by atoms with van der Waals surface area (Å²) in [7, 11) is 0. The minimum absolute atomic E-state index is 0.567. The number of nitrogens with zero attached hydrogens (tertiary/aromatic N) is 2. The standard InChI is InChI=1S/C13H20BrN3S/c1-3-15-7-11-6-12(14)8-16-13(11)17-4-5-18-9-10(17)2/h6,8,10,15H,3-5,7,9H2,1-2H3. The van der Waals surface area contributed by atoms with Crippen LogP contribution in [0.15, 0.2) is 16.7 Å². The Kier molecular flexibility index (Phi) is 5.33. The lowest BCUT2D eigenvalue weighted by atomic mass is 10.2. The van der Waals surface area contributed by atoms with E-state index in [4.69, 9.17) is 0 Å². The summed E-state index contributed by atoms with van der Waals surface area (Å²) < 4.78 is 1.05. The molecular weight excluding hydrogens is 310 g/mol. The van der Waals surface area contributed by atoms with Crippen molar-refractivity contribution in [1.82, 2.24) is 10.3 Å². The minimum Gasteiger partial charge on any atom is -0.352 e. The van der Waals surface area contributed by atoms with Crippen LogP contribution in [-0.2, 0) is 6.54 Å². The number of anilines is 1. The van der Waals surface area contributed by atoms with E-state index in [1.165, 1.54) is 17.1 Å². The van der Waals surface area contributed by atoms with Crippen molar-refractivity contribution in [3.8, 4) is 0 Å². The van der Waals surface area contributed by atoms with Crippen molar-refractivity contribution in [1.29, 1.82) is 0 Å². The van der Waals surface area contributed by atoms with Gasteiger partial charge in [0.25, 0.3) is 0 Å². The normalized spacial score (nSPS) is 20.2. The van der Waals surface area contributed by atoms with Crippen molar-refractivity contribution in [3.05, 3.63) is 22.3 Å². The van der Waals surface area contributed by atoms with Gasteiger partial charge in [-0.15, -0.1) is 0 Å². The molecule has 0 amide bonds. The molecule has 5 heteroatoms. The second kappa shape index (κ2) is 6.78. The summed E-state index contributed by atoms with van der Waals surface area (Å²) in [6.45, 7) is 7.38. The van der Waals surface area contributed by atoms with Crippen LogP contribution in [0.5, 0.6) is 0 Å². The van der Waals surface area contributed by atoms with Gasteiger partial charge in [-0.05, 0) is 35.5 Å². The molecule has 2 rings (SSSR count). The number of hydrogen-bond acceptors (Lipinski definition) is 4. The molecule has 1 aliphatic rings. The highest BCUT2D eigenvalue weighted by atomic mass is 79.9. The molecule has 1 aromatic rings. The van der Waals surface area contributed by atoms with Crippen LogP contribution in [0, 0.1) is 0 Å². The Labute approximate surface area is 122 Å². The third-order valence-electron chi connectivity index (χ3n) is 3.11. The Morgan fingerprint density at radius 2 is 2.44 bits per heavy atom. The van der Waals surface area contributed by atoms with Crippen molar-refractivity contribution >= 4 is 33.5 Å². The van der Waals surface area contributed by atoms with Gasteiger partial charge in [0.2, 0.25) is 0 Å². The fraction of sp³-hybridized carbons (Fsp3) is 0.615. The average Bonchev–Trinajstić information content (AvgIpc) is 2.37. The molecule has 1 N–H and O–H groups in total. The van der Waals surface area contributed by atoms with Crippen molar-refractivity contribution in [2.24, 2.45) is 0 Å². The topological polar surface area (TPSA) is 28.2 Å². The molecule has 2 heterocycles. The van der Waals surface area contributed by atoms with Crippen molar-refractivity contribution in [3.63, 3.8) is 0 Å². The lowest BCUT2D eigenvalue weighted by molar-refractivity contribution is 0.670. The van der Waals surface area contributed by atoms with Gasteiger partial charge in [0.05, 0.1) is 0 Å². The smallest absolute Gasteiger partial charge is 0.133 e. The van der Waals surface area contributed by atoms with Crippen LogP contribution in [0.3, 0.4) is 0 Å². The van der Waals surface area contributed by atoms with Gasteiger partial charge in [-0.25, -0.2) is 4.98 Å². The summed E-state index contributed by atoms with van der Waals surface area (Å²) in [4.78, 5) is 7.08. The maximum absolute atomic E-state index is 4.64. The number of pyridine rings is 1. The average molecular weight is 330 g/mol. The molecule has 0 radical (unpaired) electrons. The van der Waals surface area contributed by atoms with Crippen molar-refractivity contribution < 1.29 is 0 Å². The minimum atomic E-state index is 0.567. The van der Waals surface area contributed by atoms with Crippen LogP contribution in [0.25, 0.3) is 0 Å². The fourth-order valence-corrected chi connectivity index (χ4v) is 3.56. The molecule has 0 aliphatic carbocycles. The Balaban J connectivity index is 2.24. The molecule has 100 valence electrons. The summed E-state index contributed by atoms with van der Waals surface area (Å²) in [5.41, 5.74) is 1.28. The van der Waals surface area contributed by atoms with E-state index in [1.807, 2.05) is 18.0 Å². The first-order valence-electron chi connectivity index (χ1n) is 6.42. The zero-order valence-electron chi connectivity index (χ0n) is 10.9. The Morgan fingerprint density at radius 3 is 3.17 bits per heavy atom. The lowest BCUT2D eigenvalue weighted by Crippen LogP contribution is -2.41. The molecule has 1 atom stereocenters. The van der Waals surface area contributed by atoms with E-state index < -0.39 is 0 Å². The summed E-state index contributed by atoms with van der Waals surface area (Å²) in [6, 6.07) is 2.75. The molecule has 1 saturated heterocycles. The van der Waals surface area contributed by atoms with Crippen LogP contribution in [0.4, 0.5) is 5.82 Å². The molecule has 1 aliphatic heterocycles. The largest absolute Gasteiger partial charge is 0.352 e.